The zero-order valence-electron chi connectivity index (χ0n) is 5.81. The first kappa shape index (κ1) is 7.56. The van der Waals surface area contributed by atoms with Crippen molar-refractivity contribution < 1.29 is 0 Å². The van der Waals surface area contributed by atoms with Crippen molar-refractivity contribution in [1.82, 2.24) is 0 Å². The molecule has 0 atom stereocenters. The van der Waals surface area contributed by atoms with Gasteiger partial charge in [-0.25, -0.2) is 0 Å². The molecule has 0 fully saturated rings. The Morgan fingerprint density at radius 2 is 2.10 bits per heavy atom. The molecule has 0 aliphatic rings. The Morgan fingerprint density at radius 1 is 1.40 bits per heavy atom. The molecule has 49 valence electrons. The zero-order valence-corrected chi connectivity index (χ0v) is 7.81. The van der Waals surface area contributed by atoms with E-state index in [1.807, 2.05) is 12.1 Å². The maximum atomic E-state index is 3.38. The van der Waals surface area contributed by atoms with E-state index in [9.17, 15) is 0 Å². The number of nitrogens with one attached hydrogen (secondary N) is 1. The summed E-state index contributed by atoms with van der Waals surface area (Å²) in [6.07, 6.45) is 0. The van der Waals surface area contributed by atoms with Gasteiger partial charge >= 0.3 is 0 Å². The fraction of sp³-hybridized carbons (Fsp3) is 0.143. The highest BCUT2D eigenvalue weighted by Gasteiger charge is 1.91. The van der Waals surface area contributed by atoms with Gasteiger partial charge in [0.05, 0.1) is 0 Å². The summed E-state index contributed by atoms with van der Waals surface area (Å²) < 4.78 is 0. The van der Waals surface area contributed by atoms with Crippen molar-refractivity contribution in [2.75, 3.05) is 4.98 Å². The Kier molecular flexibility index (Phi) is 2.71. The highest BCUT2D eigenvalue weighted by Crippen LogP contribution is 2.11. The molecule has 5 radical (unpaired) electrons. The summed E-state index contributed by atoms with van der Waals surface area (Å²) in [7, 11) is 3.97. The molecule has 1 rings (SSSR count). The molecule has 0 spiro atoms. The van der Waals surface area contributed by atoms with Gasteiger partial charge in [-0.3, -0.25) is 0 Å². The van der Waals surface area contributed by atoms with Crippen LogP contribution in [-0.4, -0.2) is 19.0 Å². The second-order valence-corrected chi connectivity index (χ2v) is 3.31. The average Bonchev–Trinajstić information content (AvgIpc) is 1.94. The van der Waals surface area contributed by atoms with Crippen LogP contribution in [0.2, 0.25) is 0 Å². The Labute approximate surface area is 67.0 Å². The topological polar surface area (TPSA) is 12.0 Å². The van der Waals surface area contributed by atoms with Gasteiger partial charge < -0.3 is 4.98 Å². The number of aryl methyl sites for hydroxylation is 1. The minimum absolute atomic E-state index is 0.587. The predicted octanol–water partition coefficient (Wildman–Crippen LogP) is 1.11. The minimum Gasteiger partial charge on any atom is -0.414 e. The number of para-hydroxylation sites is 1. The van der Waals surface area contributed by atoms with E-state index in [4.69, 9.17) is 0 Å². The van der Waals surface area contributed by atoms with Gasteiger partial charge in [-0.15, -0.1) is 0 Å². The van der Waals surface area contributed by atoms with Crippen molar-refractivity contribution in [3.63, 3.8) is 0 Å². The molecule has 0 heterocycles. The van der Waals surface area contributed by atoms with Gasteiger partial charge in [-0.1, -0.05) is 18.2 Å². The van der Waals surface area contributed by atoms with Crippen LogP contribution in [0.4, 0.5) is 5.69 Å². The minimum atomic E-state index is 0.587. The van der Waals surface area contributed by atoms with E-state index in [2.05, 4.69) is 33.8 Å². The predicted molar refractivity (Wildman–Crippen MR) is 46.3 cm³/mol. The number of hydrogen-bond acceptors (Lipinski definition) is 1. The molecular formula is C7H8NSi2. The van der Waals surface area contributed by atoms with Crippen LogP contribution in [0.5, 0.6) is 0 Å². The molecular weight excluding hydrogens is 154 g/mol. The Balaban J connectivity index is 2.81. The van der Waals surface area contributed by atoms with E-state index in [1.54, 1.807) is 0 Å². The SMILES string of the molecule is Cc1ccccc1N[Si][Si]. The lowest BCUT2D eigenvalue weighted by atomic mass is 10.2. The first-order valence-corrected chi connectivity index (χ1v) is 5.58. The van der Waals surface area contributed by atoms with Crippen LogP contribution in [0, 0.1) is 6.92 Å². The van der Waals surface area contributed by atoms with E-state index in [0.717, 1.165) is 0 Å². The summed E-state index contributed by atoms with van der Waals surface area (Å²) >= 11 is 0. The van der Waals surface area contributed by atoms with Crippen molar-refractivity contribution in [2.24, 2.45) is 0 Å². The fourth-order valence-corrected chi connectivity index (χ4v) is 1.60. The Hall–Kier alpha value is -0.546. The van der Waals surface area contributed by atoms with E-state index < -0.39 is 0 Å². The molecule has 0 amide bonds. The van der Waals surface area contributed by atoms with Crippen LogP contribution in [-0.2, 0) is 0 Å². The number of hydrogen-bond donors (Lipinski definition) is 1. The summed E-state index contributed by atoms with van der Waals surface area (Å²) in [4.78, 5) is 3.22. The summed E-state index contributed by atoms with van der Waals surface area (Å²) in [5.41, 5.74) is 2.49. The zero-order chi connectivity index (χ0) is 7.40. The summed E-state index contributed by atoms with van der Waals surface area (Å²) in [6.45, 7) is 2.09. The highest BCUT2D eigenvalue weighted by molar-refractivity contribution is 6.91. The van der Waals surface area contributed by atoms with Gasteiger partial charge in [0.25, 0.3) is 0 Å². The molecule has 1 N–H and O–H groups in total. The fourth-order valence-electron chi connectivity index (χ4n) is 0.780. The third-order valence-corrected chi connectivity index (χ3v) is 2.11. The van der Waals surface area contributed by atoms with Crippen molar-refractivity contribution in [3.05, 3.63) is 29.8 Å². The third-order valence-electron chi connectivity index (χ3n) is 1.34. The molecule has 1 aromatic carbocycles. The molecule has 0 aromatic heterocycles. The molecule has 0 aliphatic carbocycles. The molecule has 10 heavy (non-hydrogen) atoms. The molecule has 1 aromatic rings. The Bertz CT molecular complexity index is 213. The lowest BCUT2D eigenvalue weighted by Gasteiger charge is -2.04. The van der Waals surface area contributed by atoms with Crippen LogP contribution in [0.3, 0.4) is 0 Å². The van der Waals surface area contributed by atoms with Crippen molar-refractivity contribution >= 4 is 24.6 Å². The van der Waals surface area contributed by atoms with Crippen molar-refractivity contribution in [1.29, 1.82) is 0 Å². The second-order valence-electron chi connectivity index (χ2n) is 2.06. The number of anilines is 1. The maximum Gasteiger partial charge on any atom is 0.150 e. The van der Waals surface area contributed by atoms with Crippen LogP contribution in [0.25, 0.3) is 0 Å². The number of benzene rings is 1. The van der Waals surface area contributed by atoms with E-state index >= 15 is 0 Å². The monoisotopic (exact) mass is 162 g/mol. The van der Waals surface area contributed by atoms with E-state index in [0.29, 0.717) is 9.20 Å². The first-order valence-electron chi connectivity index (χ1n) is 3.08. The molecule has 0 aliphatic heterocycles. The Morgan fingerprint density at radius 3 is 2.70 bits per heavy atom. The maximum absolute atomic E-state index is 3.38. The van der Waals surface area contributed by atoms with Gasteiger partial charge in [0.15, 0.2) is 9.20 Å². The smallest absolute Gasteiger partial charge is 0.150 e. The summed E-state index contributed by atoms with van der Waals surface area (Å²) in [5.74, 6) is 0. The third kappa shape index (κ3) is 1.72. The molecule has 1 nitrogen and oxygen atoms in total. The van der Waals surface area contributed by atoms with Crippen LogP contribution in [0.15, 0.2) is 24.3 Å². The van der Waals surface area contributed by atoms with Gasteiger partial charge in [0.2, 0.25) is 0 Å². The molecule has 3 heteroatoms. The molecule has 0 bridgehead atoms. The van der Waals surface area contributed by atoms with Gasteiger partial charge in [0, 0.05) is 15.4 Å². The second kappa shape index (κ2) is 3.58. The van der Waals surface area contributed by atoms with Crippen LogP contribution in [0.1, 0.15) is 5.56 Å². The number of rotatable bonds is 2. The van der Waals surface area contributed by atoms with Gasteiger partial charge in [-0.05, 0) is 18.6 Å². The van der Waals surface area contributed by atoms with E-state index in [1.165, 1.54) is 11.3 Å². The molecule has 0 saturated carbocycles. The summed E-state index contributed by atoms with van der Waals surface area (Å²) in [6, 6.07) is 8.23. The largest absolute Gasteiger partial charge is 0.414 e. The van der Waals surface area contributed by atoms with Crippen LogP contribution < -0.4 is 4.98 Å². The lowest BCUT2D eigenvalue weighted by molar-refractivity contribution is 1.47. The van der Waals surface area contributed by atoms with Crippen molar-refractivity contribution in [3.8, 4) is 0 Å². The lowest BCUT2D eigenvalue weighted by Crippen LogP contribution is -2.06. The summed E-state index contributed by atoms with van der Waals surface area (Å²) in [5, 5.41) is 0. The quantitative estimate of drug-likeness (QED) is 0.642. The normalized spacial score (nSPS) is 9.40. The van der Waals surface area contributed by atoms with Crippen LogP contribution >= 0.6 is 0 Å². The first-order chi connectivity index (χ1) is 4.84. The van der Waals surface area contributed by atoms with Gasteiger partial charge in [-0.2, -0.15) is 0 Å². The average molecular weight is 162 g/mol. The molecule has 0 unspecified atom stereocenters. The molecule has 0 saturated heterocycles. The standard InChI is InChI=1S/C7H8NSi2/c1-6-4-2-3-5-7(6)8-10-9/h2-5,8H,1H3. The highest BCUT2D eigenvalue weighted by atomic mass is 29.1. The van der Waals surface area contributed by atoms with E-state index in [-0.39, 0.29) is 0 Å². The van der Waals surface area contributed by atoms with Crippen molar-refractivity contribution in [2.45, 2.75) is 6.92 Å². The van der Waals surface area contributed by atoms with Gasteiger partial charge in [0.1, 0.15) is 0 Å².